The Bertz CT molecular complexity index is 1150. The second-order valence-corrected chi connectivity index (χ2v) is 12.6. The van der Waals surface area contributed by atoms with Crippen LogP contribution >= 0.6 is 0 Å². The third-order valence-electron chi connectivity index (χ3n) is 7.89. The summed E-state index contributed by atoms with van der Waals surface area (Å²) in [5.41, 5.74) is 0. The first-order valence-corrected chi connectivity index (χ1v) is 19.5. The van der Waals surface area contributed by atoms with Crippen LogP contribution < -0.4 is 10.6 Å². The number of esters is 1. The fourth-order valence-electron chi connectivity index (χ4n) is 4.91. The minimum absolute atomic E-state index is 0.225. The van der Waals surface area contributed by atoms with Gasteiger partial charge in [0.05, 0.1) is 19.6 Å². The minimum atomic E-state index is -1.39. The average Bonchev–Trinajstić information content (AvgIpc) is 3.13. The lowest BCUT2D eigenvalue weighted by Crippen LogP contribution is -2.47. The number of aliphatic carboxylic acids is 1. The van der Waals surface area contributed by atoms with E-state index >= 15 is 0 Å². The molecule has 0 bridgehead atoms. The number of hydrogen-bond acceptors (Lipinski definition) is 6. The summed E-state index contributed by atoms with van der Waals surface area (Å²) in [6.07, 6.45) is 46.4. The molecule has 0 aliphatic rings. The van der Waals surface area contributed by atoms with Crippen LogP contribution in [0.2, 0.25) is 0 Å². The van der Waals surface area contributed by atoms with Crippen molar-refractivity contribution in [2.75, 3.05) is 13.2 Å². The number of hydrogen-bond donors (Lipinski definition) is 4. The molecule has 0 saturated carbocycles. The Morgan fingerprint density at radius 3 is 1.79 bits per heavy atom. The number of rotatable bonds is 33. The van der Waals surface area contributed by atoms with E-state index in [4.69, 9.17) is 14.9 Å². The van der Waals surface area contributed by atoms with Crippen molar-refractivity contribution in [1.29, 1.82) is 0 Å². The van der Waals surface area contributed by atoms with Gasteiger partial charge in [0.2, 0.25) is 11.8 Å². The first kappa shape index (κ1) is 48.0. The summed E-state index contributed by atoms with van der Waals surface area (Å²) in [6, 6.07) is -1.39. The molecule has 0 saturated heterocycles. The summed E-state index contributed by atoms with van der Waals surface area (Å²) in [5.74, 6) is -2.50. The van der Waals surface area contributed by atoms with Gasteiger partial charge in [0, 0.05) is 6.42 Å². The first-order chi connectivity index (χ1) is 25.3. The number of carbonyl (C=O) groups is 4. The second-order valence-electron chi connectivity index (χ2n) is 12.6. The number of carboxylic acids is 1. The van der Waals surface area contributed by atoms with E-state index in [0.717, 1.165) is 83.5 Å². The maximum atomic E-state index is 12.6. The van der Waals surface area contributed by atoms with Crippen molar-refractivity contribution in [3.05, 3.63) is 85.1 Å². The largest absolute Gasteiger partial charge is 0.480 e. The van der Waals surface area contributed by atoms with Gasteiger partial charge in [0.15, 0.2) is 0 Å². The Labute approximate surface area is 314 Å². The molecule has 0 aliphatic carbocycles. The van der Waals surface area contributed by atoms with Crippen molar-refractivity contribution >= 4 is 23.8 Å². The van der Waals surface area contributed by atoms with E-state index in [1.165, 1.54) is 19.3 Å². The average molecular weight is 725 g/mol. The predicted molar refractivity (Wildman–Crippen MR) is 213 cm³/mol. The van der Waals surface area contributed by atoms with E-state index in [-0.39, 0.29) is 37.4 Å². The highest BCUT2D eigenvalue weighted by Crippen LogP contribution is 2.14. The molecule has 2 unspecified atom stereocenters. The fraction of sp³-hybridized carbons (Fsp3) is 0.581. The van der Waals surface area contributed by atoms with Crippen LogP contribution in [0.3, 0.4) is 0 Å². The number of carbonyl (C=O) groups excluding carboxylic acids is 3. The molecule has 0 aliphatic heterocycles. The van der Waals surface area contributed by atoms with E-state index in [9.17, 15) is 19.2 Å². The molecule has 4 N–H and O–H groups in total. The van der Waals surface area contributed by atoms with Crippen molar-refractivity contribution in [2.45, 2.75) is 148 Å². The molecule has 0 spiro atoms. The molecule has 9 heteroatoms. The number of ether oxygens (including phenoxy) is 1. The zero-order valence-electron chi connectivity index (χ0n) is 32.0. The van der Waals surface area contributed by atoms with E-state index in [2.05, 4.69) is 91.3 Å². The first-order valence-electron chi connectivity index (χ1n) is 19.5. The van der Waals surface area contributed by atoms with Crippen LogP contribution in [0.4, 0.5) is 0 Å². The Kier molecular flexibility index (Phi) is 34.0. The highest BCUT2D eigenvalue weighted by Gasteiger charge is 2.18. The van der Waals surface area contributed by atoms with E-state index in [0.29, 0.717) is 6.42 Å². The topological polar surface area (TPSA) is 142 Å². The summed E-state index contributed by atoms with van der Waals surface area (Å²) >= 11 is 0. The fourth-order valence-corrected chi connectivity index (χ4v) is 4.91. The van der Waals surface area contributed by atoms with Crippen molar-refractivity contribution in [1.82, 2.24) is 10.6 Å². The summed E-state index contributed by atoms with van der Waals surface area (Å²) < 4.78 is 5.83. The minimum Gasteiger partial charge on any atom is -0.480 e. The highest BCUT2D eigenvalue weighted by molar-refractivity contribution is 5.87. The Morgan fingerprint density at radius 2 is 1.19 bits per heavy atom. The lowest BCUT2D eigenvalue weighted by Gasteiger charge is -2.14. The van der Waals surface area contributed by atoms with Crippen LogP contribution in [0.25, 0.3) is 0 Å². The number of aliphatic hydroxyl groups is 1. The maximum absolute atomic E-state index is 12.6. The molecule has 0 radical (unpaired) electrons. The van der Waals surface area contributed by atoms with Crippen molar-refractivity contribution < 1.29 is 34.1 Å². The van der Waals surface area contributed by atoms with Crippen LogP contribution in [-0.2, 0) is 23.9 Å². The van der Waals surface area contributed by atoms with Gasteiger partial charge in [-0.05, 0) is 76.7 Å². The number of aliphatic hydroxyl groups excluding tert-OH is 1. The Hall–Kier alpha value is -3.98. The lowest BCUT2D eigenvalue weighted by molar-refractivity contribution is -0.146. The van der Waals surface area contributed by atoms with E-state index in [1.807, 2.05) is 18.2 Å². The molecule has 2 amide bonds. The second kappa shape index (κ2) is 36.8. The lowest BCUT2D eigenvalue weighted by atomic mass is 10.1. The van der Waals surface area contributed by atoms with Crippen molar-refractivity contribution in [3.63, 3.8) is 0 Å². The monoisotopic (exact) mass is 725 g/mol. The zero-order valence-corrected chi connectivity index (χ0v) is 32.0. The number of carboxylic acid groups (broad SMARTS) is 1. The molecule has 0 rings (SSSR count). The zero-order chi connectivity index (χ0) is 38.3. The van der Waals surface area contributed by atoms with E-state index in [1.54, 1.807) is 0 Å². The summed E-state index contributed by atoms with van der Waals surface area (Å²) in [7, 11) is 0. The van der Waals surface area contributed by atoms with Crippen LogP contribution in [0, 0.1) is 0 Å². The van der Waals surface area contributed by atoms with Gasteiger partial charge in [0.1, 0.15) is 12.1 Å². The summed E-state index contributed by atoms with van der Waals surface area (Å²) in [5, 5.41) is 22.4. The third-order valence-corrected chi connectivity index (χ3v) is 7.89. The summed E-state index contributed by atoms with van der Waals surface area (Å²) in [4.78, 5) is 47.2. The molecular formula is C43H68N2O7. The molecule has 0 aromatic rings. The smallest absolute Gasteiger partial charge is 0.328 e. The van der Waals surface area contributed by atoms with Gasteiger partial charge >= 0.3 is 11.9 Å². The normalized spacial score (nSPS) is 13.4. The van der Waals surface area contributed by atoms with Crippen LogP contribution in [0.5, 0.6) is 0 Å². The van der Waals surface area contributed by atoms with Crippen LogP contribution in [0.15, 0.2) is 85.1 Å². The molecule has 9 nitrogen and oxygen atoms in total. The summed E-state index contributed by atoms with van der Waals surface area (Å²) in [6.45, 7) is 3.28. The molecular weight excluding hydrogens is 656 g/mol. The molecule has 0 fully saturated rings. The Balaban J connectivity index is 4.45. The standard InChI is InChI=1S/C43H68N2O7/c1-3-5-7-9-11-13-14-15-16-17-18-19-21-27-31-35-42(49)52-38(32-28-24-20-12-10-8-6-4-2)33-29-25-22-23-26-30-34-40(47)44-36-41(48)45-39(37-46)43(50)51/h5,7,11-13,15-16,18-20,27-28,31-32,38-39,46H,3-4,6,8-10,14,17,21-26,29-30,33-37H2,1-2H3,(H,44,47)(H,45,48)(H,50,51)/b7-5-,13-11-,16-15-,19-18-,20-12-,31-27-,32-28-. The van der Waals surface area contributed by atoms with E-state index < -0.39 is 24.5 Å². The van der Waals surface area contributed by atoms with Crippen molar-refractivity contribution in [3.8, 4) is 0 Å². The Morgan fingerprint density at radius 1 is 0.635 bits per heavy atom. The van der Waals surface area contributed by atoms with Gasteiger partial charge < -0.3 is 25.6 Å². The number of nitrogens with one attached hydrogen (secondary N) is 2. The van der Waals surface area contributed by atoms with Gasteiger partial charge in [-0.1, -0.05) is 131 Å². The van der Waals surface area contributed by atoms with Gasteiger partial charge in [-0.25, -0.2) is 4.79 Å². The maximum Gasteiger partial charge on any atom is 0.328 e. The molecule has 0 heterocycles. The molecule has 52 heavy (non-hydrogen) atoms. The quantitative estimate of drug-likeness (QED) is 0.0301. The number of unbranched alkanes of at least 4 members (excludes halogenated alkanes) is 8. The van der Waals surface area contributed by atoms with Crippen LogP contribution in [-0.4, -0.2) is 59.3 Å². The highest BCUT2D eigenvalue weighted by atomic mass is 16.5. The number of allylic oxidation sites excluding steroid dienone is 12. The van der Waals surface area contributed by atoms with Gasteiger partial charge in [-0.2, -0.15) is 0 Å². The van der Waals surface area contributed by atoms with Gasteiger partial charge in [-0.15, -0.1) is 0 Å². The molecule has 2 atom stereocenters. The molecule has 0 aromatic carbocycles. The van der Waals surface area contributed by atoms with Crippen molar-refractivity contribution in [2.24, 2.45) is 0 Å². The van der Waals surface area contributed by atoms with Gasteiger partial charge in [-0.3, -0.25) is 14.4 Å². The third kappa shape index (κ3) is 33.2. The SMILES string of the molecule is CC/C=C\C/C=C\C/C=C\C/C=C\C/C=C\CC(=O)OC(/C=C\C/C=C\CCCCC)CCCCCCCCC(=O)NCC(=O)NC(CO)C(=O)O. The molecule has 0 aromatic heterocycles. The van der Waals surface area contributed by atoms with Gasteiger partial charge in [0.25, 0.3) is 0 Å². The van der Waals surface area contributed by atoms with Crippen LogP contribution in [0.1, 0.15) is 136 Å². The predicted octanol–water partition coefficient (Wildman–Crippen LogP) is 8.92. The molecule has 292 valence electrons. The number of amides is 2.